The molecule has 0 bridgehead atoms. The van der Waals surface area contributed by atoms with Crippen LogP contribution in [-0.2, 0) is 0 Å². The van der Waals surface area contributed by atoms with Crippen LogP contribution in [0.1, 0.15) is 10.4 Å². The number of benzene rings is 2. The molecule has 1 aliphatic rings. The first-order chi connectivity index (χ1) is 10.2. The number of fused-ring (bicyclic) bond motifs is 2. The SMILES string of the molecule is O=C(O)c1cccc2[nH]c(-c3ccc4c(c3)OCO4)nc12. The van der Waals surface area contributed by atoms with E-state index in [1.165, 1.54) is 6.07 Å². The molecule has 6 nitrogen and oxygen atoms in total. The lowest BCUT2D eigenvalue weighted by Crippen LogP contribution is -1.96. The van der Waals surface area contributed by atoms with Gasteiger partial charge in [0.1, 0.15) is 11.3 Å². The molecule has 0 atom stereocenters. The smallest absolute Gasteiger partial charge is 0.337 e. The lowest BCUT2D eigenvalue weighted by Gasteiger charge is -1.99. The molecule has 0 aliphatic carbocycles. The number of H-pyrrole nitrogens is 1. The zero-order chi connectivity index (χ0) is 14.4. The molecule has 1 aromatic heterocycles. The van der Waals surface area contributed by atoms with Crippen LogP contribution in [0, 0.1) is 0 Å². The van der Waals surface area contributed by atoms with Crippen LogP contribution in [0.2, 0.25) is 0 Å². The van der Waals surface area contributed by atoms with Gasteiger partial charge in [0, 0.05) is 5.56 Å². The molecule has 0 unspecified atom stereocenters. The fraction of sp³-hybridized carbons (Fsp3) is 0.0667. The first kappa shape index (κ1) is 11.8. The largest absolute Gasteiger partial charge is 0.478 e. The molecule has 104 valence electrons. The highest BCUT2D eigenvalue weighted by Gasteiger charge is 2.17. The molecule has 21 heavy (non-hydrogen) atoms. The van der Waals surface area contributed by atoms with Crippen LogP contribution in [0.5, 0.6) is 11.5 Å². The van der Waals surface area contributed by atoms with E-state index in [9.17, 15) is 9.90 Å². The average molecular weight is 282 g/mol. The number of carbonyl (C=O) groups is 1. The number of carboxylic acid groups (broad SMARTS) is 1. The Morgan fingerprint density at radius 3 is 2.90 bits per heavy atom. The fourth-order valence-electron chi connectivity index (χ4n) is 2.39. The Morgan fingerprint density at radius 2 is 2.05 bits per heavy atom. The molecule has 6 heteroatoms. The van der Waals surface area contributed by atoms with Gasteiger partial charge in [0.05, 0.1) is 11.1 Å². The van der Waals surface area contributed by atoms with Crippen molar-refractivity contribution in [1.29, 1.82) is 0 Å². The number of aromatic amines is 1. The van der Waals surface area contributed by atoms with Crippen molar-refractivity contribution in [3.8, 4) is 22.9 Å². The predicted molar refractivity (Wildman–Crippen MR) is 74.6 cm³/mol. The Bertz CT molecular complexity index is 869. The first-order valence-electron chi connectivity index (χ1n) is 6.34. The summed E-state index contributed by atoms with van der Waals surface area (Å²) in [5.74, 6) is 0.953. The normalized spacial score (nSPS) is 12.8. The number of nitrogens with one attached hydrogen (secondary N) is 1. The van der Waals surface area contributed by atoms with Gasteiger partial charge in [-0.3, -0.25) is 0 Å². The van der Waals surface area contributed by atoms with Gasteiger partial charge in [-0.1, -0.05) is 6.07 Å². The highest BCUT2D eigenvalue weighted by atomic mass is 16.7. The molecule has 0 saturated carbocycles. The minimum Gasteiger partial charge on any atom is -0.478 e. The Balaban J connectivity index is 1.87. The number of ether oxygens (including phenoxy) is 2. The second-order valence-electron chi connectivity index (χ2n) is 4.66. The van der Waals surface area contributed by atoms with Crippen molar-refractivity contribution >= 4 is 17.0 Å². The molecule has 2 heterocycles. The number of imidazole rings is 1. The standard InChI is InChI=1S/C15H10N2O4/c18-15(19)9-2-1-3-10-13(9)17-14(16-10)8-4-5-11-12(6-8)21-7-20-11/h1-6H,7H2,(H,16,17)(H,18,19). The number of aromatic carboxylic acids is 1. The third-order valence-corrected chi connectivity index (χ3v) is 3.39. The van der Waals surface area contributed by atoms with Gasteiger partial charge >= 0.3 is 5.97 Å². The number of aromatic nitrogens is 2. The number of rotatable bonds is 2. The lowest BCUT2D eigenvalue weighted by molar-refractivity contribution is 0.0699. The maximum atomic E-state index is 11.2. The van der Waals surface area contributed by atoms with Crippen LogP contribution in [0.3, 0.4) is 0 Å². The number of hydrogen-bond donors (Lipinski definition) is 2. The molecule has 0 radical (unpaired) electrons. The minimum absolute atomic E-state index is 0.177. The maximum absolute atomic E-state index is 11.2. The van der Waals surface area contributed by atoms with Gasteiger partial charge in [0.15, 0.2) is 11.5 Å². The maximum Gasteiger partial charge on any atom is 0.337 e. The number of para-hydroxylation sites is 1. The van der Waals surface area contributed by atoms with E-state index >= 15 is 0 Å². The van der Waals surface area contributed by atoms with Gasteiger partial charge in [-0.25, -0.2) is 9.78 Å². The molecular formula is C15H10N2O4. The van der Waals surface area contributed by atoms with Gasteiger partial charge in [-0.05, 0) is 30.3 Å². The van der Waals surface area contributed by atoms with Gasteiger partial charge < -0.3 is 19.6 Å². The third-order valence-electron chi connectivity index (χ3n) is 3.39. The number of nitrogens with zero attached hydrogens (tertiary/aromatic N) is 1. The highest BCUT2D eigenvalue weighted by molar-refractivity contribution is 6.01. The van der Waals surface area contributed by atoms with E-state index in [0.717, 1.165) is 5.56 Å². The third kappa shape index (κ3) is 1.80. The highest BCUT2D eigenvalue weighted by Crippen LogP contribution is 2.35. The van der Waals surface area contributed by atoms with Crippen LogP contribution in [0.15, 0.2) is 36.4 Å². The second-order valence-corrected chi connectivity index (χ2v) is 4.66. The summed E-state index contributed by atoms with van der Waals surface area (Å²) in [6.45, 7) is 0.210. The fourth-order valence-corrected chi connectivity index (χ4v) is 2.39. The zero-order valence-corrected chi connectivity index (χ0v) is 10.8. The molecule has 0 spiro atoms. The van der Waals surface area contributed by atoms with E-state index in [1.807, 2.05) is 18.2 Å². The van der Waals surface area contributed by atoms with E-state index in [-0.39, 0.29) is 12.4 Å². The summed E-state index contributed by atoms with van der Waals surface area (Å²) >= 11 is 0. The van der Waals surface area contributed by atoms with Gasteiger partial charge in [0.2, 0.25) is 6.79 Å². The Labute approximate surface area is 119 Å². The molecule has 2 aromatic carbocycles. The van der Waals surface area contributed by atoms with Crippen LogP contribution in [0.4, 0.5) is 0 Å². The van der Waals surface area contributed by atoms with Crippen LogP contribution >= 0.6 is 0 Å². The summed E-state index contributed by atoms with van der Waals surface area (Å²) in [5, 5.41) is 9.20. The van der Waals surface area contributed by atoms with Gasteiger partial charge in [0.25, 0.3) is 0 Å². The van der Waals surface area contributed by atoms with Crippen LogP contribution in [-0.4, -0.2) is 27.8 Å². The summed E-state index contributed by atoms with van der Waals surface area (Å²) in [7, 11) is 0. The quantitative estimate of drug-likeness (QED) is 0.754. The van der Waals surface area contributed by atoms with E-state index in [2.05, 4.69) is 9.97 Å². The molecule has 0 saturated heterocycles. The monoisotopic (exact) mass is 282 g/mol. The van der Waals surface area contributed by atoms with Crippen LogP contribution in [0.25, 0.3) is 22.4 Å². The zero-order valence-electron chi connectivity index (χ0n) is 10.8. The summed E-state index contributed by atoms with van der Waals surface area (Å²) in [4.78, 5) is 18.7. The predicted octanol–water partition coefficient (Wildman–Crippen LogP) is 2.66. The summed E-state index contributed by atoms with van der Waals surface area (Å²) in [5.41, 5.74) is 2.11. The van der Waals surface area contributed by atoms with Crippen molar-refractivity contribution in [2.24, 2.45) is 0 Å². The van der Waals surface area contributed by atoms with Crippen molar-refractivity contribution in [2.75, 3.05) is 6.79 Å². The summed E-state index contributed by atoms with van der Waals surface area (Å²) < 4.78 is 10.6. The molecule has 4 rings (SSSR count). The van der Waals surface area contributed by atoms with E-state index in [4.69, 9.17) is 9.47 Å². The molecular weight excluding hydrogens is 272 g/mol. The Hall–Kier alpha value is -3.02. The first-order valence-corrected chi connectivity index (χ1v) is 6.34. The second kappa shape index (κ2) is 4.24. The number of hydrogen-bond acceptors (Lipinski definition) is 4. The van der Waals surface area contributed by atoms with Crippen molar-refractivity contribution < 1.29 is 19.4 Å². The van der Waals surface area contributed by atoms with E-state index in [1.54, 1.807) is 12.1 Å². The number of carboxylic acids is 1. The molecule has 1 aliphatic heterocycles. The van der Waals surface area contributed by atoms with Crippen molar-refractivity contribution in [3.63, 3.8) is 0 Å². The van der Waals surface area contributed by atoms with Crippen molar-refractivity contribution in [1.82, 2.24) is 9.97 Å². The van der Waals surface area contributed by atoms with Crippen LogP contribution < -0.4 is 9.47 Å². The average Bonchev–Trinajstić information content (AvgIpc) is 3.11. The van der Waals surface area contributed by atoms with E-state index < -0.39 is 5.97 Å². The Morgan fingerprint density at radius 1 is 1.19 bits per heavy atom. The van der Waals surface area contributed by atoms with Gasteiger partial charge in [-0.15, -0.1) is 0 Å². The lowest BCUT2D eigenvalue weighted by atomic mass is 10.2. The summed E-state index contributed by atoms with van der Waals surface area (Å²) in [6, 6.07) is 10.5. The topological polar surface area (TPSA) is 84.4 Å². The Kier molecular flexibility index (Phi) is 2.38. The molecule has 0 fully saturated rings. The molecule has 2 N–H and O–H groups in total. The van der Waals surface area contributed by atoms with Crippen molar-refractivity contribution in [3.05, 3.63) is 42.0 Å². The minimum atomic E-state index is -0.996. The van der Waals surface area contributed by atoms with E-state index in [0.29, 0.717) is 28.4 Å². The summed E-state index contributed by atoms with van der Waals surface area (Å²) in [6.07, 6.45) is 0. The molecule has 0 amide bonds. The van der Waals surface area contributed by atoms with Crippen molar-refractivity contribution in [2.45, 2.75) is 0 Å². The molecule has 3 aromatic rings. The van der Waals surface area contributed by atoms with Gasteiger partial charge in [-0.2, -0.15) is 0 Å².